The Labute approximate surface area is 167 Å². The number of halogens is 2. The third-order valence-corrected chi connectivity index (χ3v) is 5.73. The van der Waals surface area contributed by atoms with E-state index in [0.717, 1.165) is 21.2 Å². The Morgan fingerprint density at radius 2 is 2.04 bits per heavy atom. The normalized spacial score (nSPS) is 15.6. The van der Waals surface area contributed by atoms with Gasteiger partial charge in [0.05, 0.1) is 17.7 Å². The van der Waals surface area contributed by atoms with Gasteiger partial charge in [0.25, 0.3) is 0 Å². The first-order valence-electron chi connectivity index (χ1n) is 8.36. The number of carbonyl (C=O) groups excluding carboxylic acids is 1. The highest BCUT2D eigenvalue weighted by Gasteiger charge is 2.24. The van der Waals surface area contributed by atoms with E-state index in [1.165, 1.54) is 31.0 Å². The largest absolute Gasteiger partial charge is 0.496 e. The van der Waals surface area contributed by atoms with E-state index in [-0.39, 0.29) is 11.6 Å². The van der Waals surface area contributed by atoms with E-state index in [0.29, 0.717) is 22.9 Å². The van der Waals surface area contributed by atoms with Crippen molar-refractivity contribution in [2.45, 2.75) is 20.4 Å². The average molecular weight is 404 g/mol. The van der Waals surface area contributed by atoms with Crippen molar-refractivity contribution in [1.82, 2.24) is 4.90 Å². The van der Waals surface area contributed by atoms with Crippen LogP contribution in [0.3, 0.4) is 0 Å². The molecule has 0 bridgehead atoms. The molecule has 2 aromatic rings. The highest BCUT2D eigenvalue weighted by molar-refractivity contribution is 8.06. The van der Waals surface area contributed by atoms with E-state index in [1.54, 1.807) is 30.3 Å². The lowest BCUT2D eigenvalue weighted by Crippen LogP contribution is -2.17. The minimum absolute atomic E-state index is 0.191. The second kappa shape index (κ2) is 8.19. The third-order valence-electron chi connectivity index (χ3n) is 4.35. The van der Waals surface area contributed by atoms with Crippen LogP contribution >= 0.6 is 23.4 Å². The molecule has 1 aliphatic heterocycles. The lowest BCUT2D eigenvalue weighted by molar-refractivity contribution is 0.104. The van der Waals surface area contributed by atoms with Gasteiger partial charge in [0, 0.05) is 28.2 Å². The first kappa shape index (κ1) is 19.5. The van der Waals surface area contributed by atoms with Crippen molar-refractivity contribution in [3.05, 3.63) is 86.1 Å². The number of nitrogens with zero attached hydrogens (tertiary/aromatic N) is 1. The molecule has 27 heavy (non-hydrogen) atoms. The number of carbonyl (C=O) groups is 1. The Balaban J connectivity index is 1.92. The van der Waals surface area contributed by atoms with Crippen molar-refractivity contribution in [2.75, 3.05) is 7.11 Å². The molecule has 6 heteroatoms. The molecule has 0 radical (unpaired) electrons. The molecule has 0 amide bonds. The molecular formula is C21H19ClFNO2S. The molecule has 0 spiro atoms. The minimum atomic E-state index is -0.275. The van der Waals surface area contributed by atoms with Crippen LogP contribution in [-0.4, -0.2) is 17.8 Å². The smallest absolute Gasteiger partial charge is 0.192 e. The number of hydrogen-bond acceptors (Lipinski definition) is 4. The number of ketones is 1. The lowest BCUT2D eigenvalue weighted by atomic mass is 10.1. The van der Waals surface area contributed by atoms with Crippen LogP contribution in [0, 0.1) is 5.82 Å². The van der Waals surface area contributed by atoms with Crippen molar-refractivity contribution >= 4 is 29.1 Å². The number of ether oxygens (including phenoxy) is 1. The first-order valence-corrected chi connectivity index (χ1v) is 9.55. The van der Waals surface area contributed by atoms with Crippen molar-refractivity contribution in [3.63, 3.8) is 0 Å². The number of benzene rings is 2. The molecule has 1 heterocycles. The fourth-order valence-corrected chi connectivity index (χ4v) is 4.05. The van der Waals surface area contributed by atoms with E-state index in [9.17, 15) is 9.18 Å². The van der Waals surface area contributed by atoms with Crippen molar-refractivity contribution < 1.29 is 13.9 Å². The highest BCUT2D eigenvalue weighted by Crippen LogP contribution is 2.42. The standard InChI is InChI=1S/C21H19ClFNO2S/c1-13-14(2)27-21(24(13)12-15-5-4-6-17(23)9-15)11-19(25)18-10-16(22)7-8-20(18)26-3/h4-11H,12H2,1-3H3. The Bertz CT molecular complexity index is 955. The summed E-state index contributed by atoms with van der Waals surface area (Å²) in [5.74, 6) is 0.00824. The topological polar surface area (TPSA) is 29.5 Å². The van der Waals surface area contributed by atoms with E-state index < -0.39 is 0 Å². The van der Waals surface area contributed by atoms with Gasteiger partial charge in [-0.05, 0) is 49.7 Å². The van der Waals surface area contributed by atoms with Crippen LogP contribution in [0.5, 0.6) is 5.75 Å². The summed E-state index contributed by atoms with van der Waals surface area (Å²) >= 11 is 7.57. The molecule has 0 fully saturated rings. The maximum Gasteiger partial charge on any atom is 0.192 e. The predicted octanol–water partition coefficient (Wildman–Crippen LogP) is 6.01. The van der Waals surface area contributed by atoms with Gasteiger partial charge in [0.15, 0.2) is 5.78 Å². The predicted molar refractivity (Wildman–Crippen MR) is 108 cm³/mol. The molecular weight excluding hydrogens is 385 g/mol. The molecule has 0 saturated carbocycles. The molecule has 0 unspecified atom stereocenters. The Morgan fingerprint density at radius 3 is 2.74 bits per heavy atom. The zero-order valence-corrected chi connectivity index (χ0v) is 16.8. The van der Waals surface area contributed by atoms with Gasteiger partial charge in [-0.2, -0.15) is 0 Å². The minimum Gasteiger partial charge on any atom is -0.496 e. The molecule has 0 N–H and O–H groups in total. The summed E-state index contributed by atoms with van der Waals surface area (Å²) in [4.78, 5) is 16.0. The maximum absolute atomic E-state index is 13.5. The van der Waals surface area contributed by atoms with Crippen molar-refractivity contribution in [1.29, 1.82) is 0 Å². The number of thioether (sulfide) groups is 1. The van der Waals surface area contributed by atoms with Crippen molar-refractivity contribution in [3.8, 4) is 5.75 Å². The summed E-state index contributed by atoms with van der Waals surface area (Å²) in [6, 6.07) is 11.4. The number of allylic oxidation sites excluding steroid dienone is 3. The molecule has 0 aliphatic carbocycles. The lowest BCUT2D eigenvalue weighted by Gasteiger charge is -2.21. The van der Waals surface area contributed by atoms with E-state index >= 15 is 0 Å². The number of methoxy groups -OCH3 is 1. The summed E-state index contributed by atoms with van der Waals surface area (Å²) in [6.45, 7) is 4.48. The quantitative estimate of drug-likeness (QED) is 0.451. The molecule has 2 aromatic carbocycles. The summed E-state index contributed by atoms with van der Waals surface area (Å²) in [5, 5.41) is 1.26. The second-order valence-electron chi connectivity index (χ2n) is 6.15. The third kappa shape index (κ3) is 4.37. The number of rotatable bonds is 5. The van der Waals surface area contributed by atoms with E-state index in [2.05, 4.69) is 0 Å². The van der Waals surface area contributed by atoms with Crippen LogP contribution in [0.2, 0.25) is 5.02 Å². The molecule has 0 atom stereocenters. The van der Waals surface area contributed by atoms with Crippen LogP contribution in [0.1, 0.15) is 29.8 Å². The van der Waals surface area contributed by atoms with Crippen LogP contribution in [0.4, 0.5) is 4.39 Å². The molecule has 3 nitrogen and oxygen atoms in total. The van der Waals surface area contributed by atoms with Gasteiger partial charge in [-0.15, -0.1) is 0 Å². The summed E-state index contributed by atoms with van der Waals surface area (Å²) in [6.07, 6.45) is 1.58. The van der Waals surface area contributed by atoms with Crippen LogP contribution < -0.4 is 4.74 Å². The fourth-order valence-electron chi connectivity index (χ4n) is 2.83. The first-order chi connectivity index (χ1) is 12.9. The van der Waals surface area contributed by atoms with Crippen LogP contribution in [0.25, 0.3) is 0 Å². The van der Waals surface area contributed by atoms with Crippen LogP contribution in [-0.2, 0) is 6.54 Å². The SMILES string of the molecule is COc1ccc(Cl)cc1C(=O)C=C1SC(C)=C(C)N1Cc1cccc(F)c1. The second-order valence-corrected chi connectivity index (χ2v) is 7.82. The van der Waals surface area contributed by atoms with Gasteiger partial charge in [-0.3, -0.25) is 4.79 Å². The van der Waals surface area contributed by atoms with Gasteiger partial charge in [0.1, 0.15) is 11.6 Å². The average Bonchev–Trinajstić information content (AvgIpc) is 2.89. The van der Waals surface area contributed by atoms with E-state index in [1.807, 2.05) is 24.8 Å². The summed E-state index contributed by atoms with van der Waals surface area (Å²) < 4.78 is 18.8. The van der Waals surface area contributed by atoms with E-state index in [4.69, 9.17) is 16.3 Å². The van der Waals surface area contributed by atoms with Gasteiger partial charge >= 0.3 is 0 Å². The van der Waals surface area contributed by atoms with Gasteiger partial charge in [-0.25, -0.2) is 4.39 Å². The molecule has 0 aromatic heterocycles. The maximum atomic E-state index is 13.5. The molecule has 140 valence electrons. The highest BCUT2D eigenvalue weighted by atomic mass is 35.5. The fraction of sp³-hybridized carbons (Fsp3) is 0.190. The summed E-state index contributed by atoms with van der Waals surface area (Å²) in [5.41, 5.74) is 2.29. The molecule has 0 saturated heterocycles. The summed E-state index contributed by atoms with van der Waals surface area (Å²) in [7, 11) is 1.52. The molecule has 1 aliphatic rings. The zero-order chi connectivity index (χ0) is 19.6. The Hall–Kier alpha value is -2.24. The monoisotopic (exact) mass is 403 g/mol. The van der Waals surface area contributed by atoms with Crippen LogP contribution in [0.15, 0.2) is 64.2 Å². The zero-order valence-electron chi connectivity index (χ0n) is 15.3. The van der Waals surface area contributed by atoms with Gasteiger partial charge in [-0.1, -0.05) is 35.5 Å². The Kier molecular flexibility index (Phi) is 5.92. The van der Waals surface area contributed by atoms with Crippen molar-refractivity contribution in [2.24, 2.45) is 0 Å². The van der Waals surface area contributed by atoms with Gasteiger partial charge < -0.3 is 9.64 Å². The Morgan fingerprint density at radius 1 is 1.26 bits per heavy atom. The van der Waals surface area contributed by atoms with Gasteiger partial charge in [0.2, 0.25) is 0 Å². The molecule has 3 rings (SSSR count). The number of hydrogen-bond donors (Lipinski definition) is 0.